The maximum atomic E-state index is 12.4. The van der Waals surface area contributed by atoms with Crippen LogP contribution in [0.5, 0.6) is 5.75 Å². The summed E-state index contributed by atoms with van der Waals surface area (Å²) in [5.41, 5.74) is 6.09. The first-order valence-electron chi connectivity index (χ1n) is 6.41. The molecule has 1 saturated heterocycles. The minimum atomic E-state index is -0.159. The Hall–Kier alpha value is -1.14. The Labute approximate surface area is 132 Å². The molecular weight excluding hydrogens is 340 g/mol. The number of benzene rings is 1. The van der Waals surface area contributed by atoms with Crippen LogP contribution in [0, 0.1) is 5.41 Å². The number of nitrogens with zero attached hydrogens (tertiary/aromatic N) is 1. The highest BCUT2D eigenvalue weighted by molar-refractivity contribution is 9.10. The first kappa shape index (κ1) is 15.3. The number of phenols is 1. The lowest BCUT2D eigenvalue weighted by molar-refractivity contribution is 0.0670. The first-order chi connectivity index (χ1) is 9.33. The van der Waals surface area contributed by atoms with E-state index in [4.69, 9.17) is 18.0 Å². The van der Waals surface area contributed by atoms with Gasteiger partial charge in [-0.25, -0.2) is 0 Å². The zero-order valence-corrected chi connectivity index (χ0v) is 13.6. The molecule has 0 atom stereocenters. The van der Waals surface area contributed by atoms with Crippen LogP contribution in [0.2, 0.25) is 0 Å². The SMILES string of the molecule is CC1(C(N)=S)CCN(C(=O)c2ccc(Br)c(O)c2)CC1. The Kier molecular flexibility index (Phi) is 4.34. The van der Waals surface area contributed by atoms with Crippen LogP contribution in [0.1, 0.15) is 30.1 Å². The molecule has 0 aromatic heterocycles. The number of rotatable bonds is 2. The minimum Gasteiger partial charge on any atom is -0.507 e. The fourth-order valence-corrected chi connectivity index (χ4v) is 2.73. The van der Waals surface area contributed by atoms with E-state index in [1.807, 2.05) is 6.92 Å². The first-order valence-corrected chi connectivity index (χ1v) is 7.61. The molecule has 2 rings (SSSR count). The summed E-state index contributed by atoms with van der Waals surface area (Å²) in [6.45, 7) is 3.30. The molecule has 0 radical (unpaired) electrons. The minimum absolute atomic E-state index is 0.0702. The number of nitrogens with two attached hydrogens (primary N) is 1. The third-order valence-electron chi connectivity index (χ3n) is 3.94. The van der Waals surface area contributed by atoms with Gasteiger partial charge in [-0.05, 0) is 47.0 Å². The lowest BCUT2D eigenvalue weighted by atomic mass is 9.80. The van der Waals surface area contributed by atoms with Crippen LogP contribution >= 0.6 is 28.1 Å². The van der Waals surface area contributed by atoms with Gasteiger partial charge in [-0.2, -0.15) is 0 Å². The van der Waals surface area contributed by atoms with Crippen molar-refractivity contribution in [2.24, 2.45) is 11.1 Å². The summed E-state index contributed by atoms with van der Waals surface area (Å²) in [6.07, 6.45) is 1.55. The van der Waals surface area contributed by atoms with Gasteiger partial charge < -0.3 is 15.7 Å². The number of phenolic OH excluding ortho intramolecular Hbond substituents is 1. The van der Waals surface area contributed by atoms with E-state index in [0.29, 0.717) is 28.1 Å². The standard InChI is InChI=1S/C14H17BrN2O2S/c1-14(13(16)20)4-6-17(7-5-14)12(19)9-2-3-10(15)11(18)8-9/h2-3,8,18H,4-7H2,1H3,(H2,16,20). The van der Waals surface area contributed by atoms with Gasteiger partial charge in [0.15, 0.2) is 0 Å². The van der Waals surface area contributed by atoms with Crippen molar-refractivity contribution in [2.45, 2.75) is 19.8 Å². The number of carbonyl (C=O) groups excluding carboxylic acids is 1. The number of likely N-dealkylation sites (tertiary alicyclic amines) is 1. The molecule has 1 amide bonds. The number of piperidine rings is 1. The van der Waals surface area contributed by atoms with Crippen LogP contribution in [0.15, 0.2) is 22.7 Å². The van der Waals surface area contributed by atoms with E-state index in [0.717, 1.165) is 12.8 Å². The van der Waals surface area contributed by atoms with E-state index in [9.17, 15) is 9.90 Å². The fourth-order valence-electron chi connectivity index (χ4n) is 2.28. The molecule has 1 aliphatic heterocycles. The van der Waals surface area contributed by atoms with Crippen molar-refractivity contribution in [3.8, 4) is 5.75 Å². The summed E-state index contributed by atoms with van der Waals surface area (Å²) in [6, 6.07) is 4.85. The zero-order valence-electron chi connectivity index (χ0n) is 11.2. The molecule has 1 aliphatic rings. The molecule has 4 nitrogen and oxygen atoms in total. The Balaban J connectivity index is 2.08. The molecule has 1 fully saturated rings. The Bertz CT molecular complexity index is 554. The smallest absolute Gasteiger partial charge is 0.253 e. The number of carbonyl (C=O) groups is 1. The summed E-state index contributed by atoms with van der Waals surface area (Å²) in [5.74, 6) is -0.00127. The van der Waals surface area contributed by atoms with E-state index < -0.39 is 0 Å². The molecule has 108 valence electrons. The number of halogens is 1. The molecule has 0 saturated carbocycles. The van der Waals surface area contributed by atoms with Crippen LogP contribution in [0.4, 0.5) is 0 Å². The Morgan fingerprint density at radius 3 is 2.55 bits per heavy atom. The number of hydrogen-bond acceptors (Lipinski definition) is 3. The van der Waals surface area contributed by atoms with Gasteiger partial charge >= 0.3 is 0 Å². The summed E-state index contributed by atoms with van der Waals surface area (Å²) in [4.78, 5) is 14.7. The van der Waals surface area contributed by atoms with Gasteiger partial charge in [0.25, 0.3) is 5.91 Å². The molecule has 1 heterocycles. The number of hydrogen-bond donors (Lipinski definition) is 2. The molecule has 0 unspecified atom stereocenters. The molecule has 1 aromatic carbocycles. The monoisotopic (exact) mass is 356 g/mol. The normalized spacial score (nSPS) is 17.8. The van der Waals surface area contributed by atoms with Crippen molar-refractivity contribution in [3.63, 3.8) is 0 Å². The van der Waals surface area contributed by atoms with E-state index >= 15 is 0 Å². The lowest BCUT2D eigenvalue weighted by Crippen LogP contribution is -2.46. The second kappa shape index (κ2) is 5.69. The molecular formula is C14H17BrN2O2S. The van der Waals surface area contributed by atoms with Crippen LogP contribution < -0.4 is 5.73 Å². The third-order valence-corrected chi connectivity index (χ3v) is 5.11. The van der Waals surface area contributed by atoms with Crippen LogP contribution in [-0.2, 0) is 0 Å². The van der Waals surface area contributed by atoms with Crippen molar-refractivity contribution in [1.82, 2.24) is 4.90 Å². The van der Waals surface area contributed by atoms with Gasteiger partial charge in [-0.15, -0.1) is 0 Å². The summed E-state index contributed by atoms with van der Waals surface area (Å²) in [7, 11) is 0. The van der Waals surface area contributed by atoms with Gasteiger partial charge in [-0.1, -0.05) is 19.1 Å². The lowest BCUT2D eigenvalue weighted by Gasteiger charge is -2.38. The summed E-state index contributed by atoms with van der Waals surface area (Å²) >= 11 is 8.30. The molecule has 6 heteroatoms. The van der Waals surface area contributed by atoms with Gasteiger partial charge in [0, 0.05) is 24.1 Å². The number of thiocarbonyl (C=S) groups is 1. The largest absolute Gasteiger partial charge is 0.507 e. The summed E-state index contributed by atoms with van der Waals surface area (Å²) < 4.78 is 0.578. The van der Waals surface area contributed by atoms with Crippen LogP contribution in [0.25, 0.3) is 0 Å². The summed E-state index contributed by atoms with van der Waals surface area (Å²) in [5, 5.41) is 9.65. The van der Waals surface area contributed by atoms with Crippen LogP contribution in [0.3, 0.4) is 0 Å². The zero-order chi connectivity index (χ0) is 14.9. The van der Waals surface area contributed by atoms with Crippen molar-refractivity contribution < 1.29 is 9.90 Å². The highest BCUT2D eigenvalue weighted by Gasteiger charge is 2.34. The number of aromatic hydroxyl groups is 1. The van der Waals surface area contributed by atoms with Gasteiger partial charge in [0.05, 0.1) is 9.46 Å². The van der Waals surface area contributed by atoms with E-state index in [-0.39, 0.29) is 17.1 Å². The predicted molar refractivity (Wildman–Crippen MR) is 85.8 cm³/mol. The highest BCUT2D eigenvalue weighted by atomic mass is 79.9. The maximum absolute atomic E-state index is 12.4. The molecule has 0 aliphatic carbocycles. The second-order valence-corrected chi connectivity index (χ2v) is 6.68. The Morgan fingerprint density at radius 1 is 1.45 bits per heavy atom. The Morgan fingerprint density at radius 2 is 2.05 bits per heavy atom. The topological polar surface area (TPSA) is 66.6 Å². The predicted octanol–water partition coefficient (Wildman–Crippen LogP) is 2.68. The van der Waals surface area contributed by atoms with Crippen molar-refractivity contribution in [1.29, 1.82) is 0 Å². The molecule has 3 N–H and O–H groups in total. The fraction of sp³-hybridized carbons (Fsp3) is 0.429. The van der Waals surface area contributed by atoms with E-state index in [1.54, 1.807) is 17.0 Å². The van der Waals surface area contributed by atoms with Crippen molar-refractivity contribution in [2.75, 3.05) is 13.1 Å². The van der Waals surface area contributed by atoms with Crippen LogP contribution in [-0.4, -0.2) is 34.0 Å². The molecule has 1 aromatic rings. The molecule has 0 spiro atoms. The average Bonchev–Trinajstić information content (AvgIpc) is 2.42. The second-order valence-electron chi connectivity index (χ2n) is 5.38. The van der Waals surface area contributed by atoms with Gasteiger partial charge in [-0.3, -0.25) is 4.79 Å². The maximum Gasteiger partial charge on any atom is 0.253 e. The number of amides is 1. The van der Waals surface area contributed by atoms with E-state index in [1.165, 1.54) is 6.07 Å². The quantitative estimate of drug-likeness (QED) is 0.799. The third kappa shape index (κ3) is 2.96. The average molecular weight is 357 g/mol. The highest BCUT2D eigenvalue weighted by Crippen LogP contribution is 2.32. The van der Waals surface area contributed by atoms with Crippen molar-refractivity contribution >= 4 is 39.0 Å². The molecule has 20 heavy (non-hydrogen) atoms. The van der Waals surface area contributed by atoms with Gasteiger partial charge in [0.2, 0.25) is 0 Å². The van der Waals surface area contributed by atoms with Crippen molar-refractivity contribution in [3.05, 3.63) is 28.2 Å². The molecule has 0 bridgehead atoms. The van der Waals surface area contributed by atoms with E-state index in [2.05, 4.69) is 15.9 Å². The van der Waals surface area contributed by atoms with Gasteiger partial charge in [0.1, 0.15) is 5.75 Å².